The van der Waals surface area contributed by atoms with Gasteiger partial charge in [-0.25, -0.2) is 4.98 Å². The standard InChI is InChI=1S/C19H24N4O2/c1-22(2)18-13-16(6-7-20-18)19(24)21-17-5-3-4-15(12-17)14-23-8-10-25-11-9-23/h3-7,12-13H,8-11,14H2,1-2H3,(H,21,24). The van der Waals surface area contributed by atoms with Crippen molar-refractivity contribution in [1.82, 2.24) is 9.88 Å². The summed E-state index contributed by atoms with van der Waals surface area (Å²) in [6.07, 6.45) is 1.65. The Labute approximate surface area is 148 Å². The lowest BCUT2D eigenvalue weighted by atomic mass is 10.1. The van der Waals surface area contributed by atoms with Crippen LogP contribution in [0.15, 0.2) is 42.6 Å². The molecule has 3 rings (SSSR count). The number of ether oxygens (including phenoxy) is 1. The highest BCUT2D eigenvalue weighted by Crippen LogP contribution is 2.16. The molecule has 1 amide bonds. The van der Waals surface area contributed by atoms with Gasteiger partial charge in [-0.2, -0.15) is 0 Å². The molecule has 0 unspecified atom stereocenters. The van der Waals surface area contributed by atoms with Gasteiger partial charge in [0.05, 0.1) is 13.2 Å². The third-order valence-electron chi connectivity index (χ3n) is 4.16. The zero-order valence-electron chi connectivity index (χ0n) is 14.7. The Morgan fingerprint density at radius 2 is 2.04 bits per heavy atom. The summed E-state index contributed by atoms with van der Waals surface area (Å²) in [5, 5.41) is 2.97. The van der Waals surface area contributed by atoms with E-state index in [1.54, 1.807) is 18.3 Å². The Bertz CT molecular complexity index is 727. The van der Waals surface area contributed by atoms with Crippen molar-refractivity contribution >= 4 is 17.4 Å². The van der Waals surface area contributed by atoms with Gasteiger partial charge < -0.3 is 15.0 Å². The molecule has 0 atom stereocenters. The Hall–Kier alpha value is -2.44. The van der Waals surface area contributed by atoms with Crippen LogP contribution < -0.4 is 10.2 Å². The second-order valence-corrected chi connectivity index (χ2v) is 6.34. The number of morpholine rings is 1. The van der Waals surface area contributed by atoms with Crippen molar-refractivity contribution in [3.8, 4) is 0 Å². The van der Waals surface area contributed by atoms with Crippen molar-refractivity contribution in [2.24, 2.45) is 0 Å². The summed E-state index contributed by atoms with van der Waals surface area (Å²) in [6.45, 7) is 4.33. The molecule has 0 bridgehead atoms. The van der Waals surface area contributed by atoms with Crippen LogP contribution in [0.5, 0.6) is 0 Å². The minimum atomic E-state index is -0.131. The first kappa shape index (κ1) is 17.4. The lowest BCUT2D eigenvalue weighted by molar-refractivity contribution is 0.0342. The number of anilines is 2. The Balaban J connectivity index is 1.67. The topological polar surface area (TPSA) is 57.7 Å². The highest BCUT2D eigenvalue weighted by Gasteiger charge is 2.12. The number of benzene rings is 1. The molecule has 2 heterocycles. The highest BCUT2D eigenvalue weighted by molar-refractivity contribution is 6.04. The molecule has 25 heavy (non-hydrogen) atoms. The number of pyridine rings is 1. The van der Waals surface area contributed by atoms with Gasteiger partial charge in [0, 0.05) is 51.2 Å². The van der Waals surface area contributed by atoms with Crippen molar-refractivity contribution in [2.45, 2.75) is 6.54 Å². The number of nitrogens with zero attached hydrogens (tertiary/aromatic N) is 3. The molecular weight excluding hydrogens is 316 g/mol. The van der Waals surface area contributed by atoms with Crippen molar-refractivity contribution in [2.75, 3.05) is 50.6 Å². The van der Waals surface area contributed by atoms with Gasteiger partial charge in [-0.05, 0) is 29.8 Å². The summed E-state index contributed by atoms with van der Waals surface area (Å²) in [4.78, 5) is 21.0. The highest BCUT2D eigenvalue weighted by atomic mass is 16.5. The zero-order chi connectivity index (χ0) is 17.6. The first-order chi connectivity index (χ1) is 12.1. The first-order valence-electron chi connectivity index (χ1n) is 8.45. The van der Waals surface area contributed by atoms with Gasteiger partial charge in [-0.15, -0.1) is 0 Å². The van der Waals surface area contributed by atoms with E-state index >= 15 is 0 Å². The fourth-order valence-electron chi connectivity index (χ4n) is 2.77. The number of hydrogen-bond donors (Lipinski definition) is 1. The third-order valence-corrected chi connectivity index (χ3v) is 4.16. The number of nitrogens with one attached hydrogen (secondary N) is 1. The molecule has 132 valence electrons. The lowest BCUT2D eigenvalue weighted by Gasteiger charge is -2.26. The summed E-state index contributed by atoms with van der Waals surface area (Å²) < 4.78 is 5.38. The van der Waals surface area contributed by atoms with Crippen LogP contribution in [0.25, 0.3) is 0 Å². The minimum absolute atomic E-state index is 0.131. The monoisotopic (exact) mass is 340 g/mol. The molecule has 1 aromatic carbocycles. The van der Waals surface area contributed by atoms with Crippen LogP contribution in [-0.4, -0.2) is 56.2 Å². The molecule has 1 aromatic heterocycles. The summed E-state index contributed by atoms with van der Waals surface area (Å²) >= 11 is 0. The summed E-state index contributed by atoms with van der Waals surface area (Å²) in [7, 11) is 3.80. The lowest BCUT2D eigenvalue weighted by Crippen LogP contribution is -2.35. The smallest absolute Gasteiger partial charge is 0.255 e. The predicted octanol–water partition coefficient (Wildman–Crippen LogP) is 2.23. The molecule has 6 heteroatoms. The van der Waals surface area contributed by atoms with E-state index in [1.165, 1.54) is 5.56 Å². The number of rotatable bonds is 5. The van der Waals surface area contributed by atoms with Crippen LogP contribution in [0.3, 0.4) is 0 Å². The van der Waals surface area contributed by atoms with E-state index in [0.717, 1.165) is 44.4 Å². The van der Waals surface area contributed by atoms with Crippen molar-refractivity contribution in [3.63, 3.8) is 0 Å². The average molecular weight is 340 g/mol. The van der Waals surface area contributed by atoms with Crippen molar-refractivity contribution in [3.05, 3.63) is 53.7 Å². The number of aromatic nitrogens is 1. The molecule has 0 saturated carbocycles. The van der Waals surface area contributed by atoms with E-state index in [1.807, 2.05) is 37.2 Å². The van der Waals surface area contributed by atoms with Crippen LogP contribution in [0.4, 0.5) is 11.5 Å². The van der Waals surface area contributed by atoms with Crippen LogP contribution in [0.2, 0.25) is 0 Å². The largest absolute Gasteiger partial charge is 0.379 e. The van der Waals surface area contributed by atoms with E-state index in [4.69, 9.17) is 4.74 Å². The number of carbonyl (C=O) groups excluding carboxylic acids is 1. The van der Waals surface area contributed by atoms with Gasteiger partial charge in [0.1, 0.15) is 5.82 Å². The summed E-state index contributed by atoms with van der Waals surface area (Å²) in [5.41, 5.74) is 2.58. The van der Waals surface area contributed by atoms with E-state index < -0.39 is 0 Å². The predicted molar refractivity (Wildman–Crippen MR) is 99.1 cm³/mol. The molecule has 1 N–H and O–H groups in total. The van der Waals surface area contributed by atoms with E-state index in [2.05, 4.69) is 21.3 Å². The molecule has 0 spiro atoms. The number of hydrogen-bond acceptors (Lipinski definition) is 5. The van der Waals surface area contributed by atoms with E-state index in [9.17, 15) is 4.79 Å². The Kier molecular flexibility index (Phi) is 5.63. The Morgan fingerprint density at radius 3 is 2.80 bits per heavy atom. The molecule has 1 fully saturated rings. The van der Waals surface area contributed by atoms with Gasteiger partial charge in [-0.3, -0.25) is 9.69 Å². The van der Waals surface area contributed by atoms with Gasteiger partial charge >= 0.3 is 0 Å². The zero-order valence-corrected chi connectivity index (χ0v) is 14.7. The molecule has 2 aromatic rings. The first-order valence-corrected chi connectivity index (χ1v) is 8.45. The van der Waals surface area contributed by atoms with Crippen molar-refractivity contribution < 1.29 is 9.53 Å². The average Bonchev–Trinajstić information content (AvgIpc) is 2.63. The maximum Gasteiger partial charge on any atom is 0.255 e. The fourth-order valence-corrected chi connectivity index (χ4v) is 2.77. The van der Waals surface area contributed by atoms with Gasteiger partial charge in [0.15, 0.2) is 0 Å². The SMILES string of the molecule is CN(C)c1cc(C(=O)Nc2cccc(CN3CCOCC3)c2)ccn1. The van der Waals surface area contributed by atoms with E-state index in [-0.39, 0.29) is 5.91 Å². The quantitative estimate of drug-likeness (QED) is 0.904. The molecule has 0 radical (unpaired) electrons. The van der Waals surface area contributed by atoms with Gasteiger partial charge in [0.2, 0.25) is 0 Å². The van der Waals surface area contributed by atoms with Crippen LogP contribution >= 0.6 is 0 Å². The van der Waals surface area contributed by atoms with Crippen LogP contribution in [0.1, 0.15) is 15.9 Å². The maximum absolute atomic E-state index is 12.5. The Morgan fingerprint density at radius 1 is 1.24 bits per heavy atom. The third kappa shape index (κ3) is 4.78. The molecule has 1 saturated heterocycles. The molecular formula is C19H24N4O2. The van der Waals surface area contributed by atoms with Gasteiger partial charge in [0.25, 0.3) is 5.91 Å². The van der Waals surface area contributed by atoms with Crippen LogP contribution in [0, 0.1) is 0 Å². The van der Waals surface area contributed by atoms with Crippen LogP contribution in [-0.2, 0) is 11.3 Å². The second-order valence-electron chi connectivity index (χ2n) is 6.34. The van der Waals surface area contributed by atoms with Gasteiger partial charge in [-0.1, -0.05) is 12.1 Å². The normalized spacial score (nSPS) is 15.0. The second kappa shape index (κ2) is 8.09. The fraction of sp³-hybridized carbons (Fsp3) is 0.368. The molecule has 1 aliphatic heterocycles. The number of carbonyl (C=O) groups is 1. The maximum atomic E-state index is 12.5. The summed E-state index contributed by atoms with van der Waals surface area (Å²) in [6, 6.07) is 11.5. The van der Waals surface area contributed by atoms with E-state index in [0.29, 0.717) is 5.56 Å². The molecule has 0 aliphatic carbocycles. The molecule has 6 nitrogen and oxygen atoms in total. The molecule has 1 aliphatic rings. The number of amides is 1. The summed E-state index contributed by atoms with van der Waals surface area (Å²) in [5.74, 6) is 0.628. The van der Waals surface area contributed by atoms with Crippen molar-refractivity contribution in [1.29, 1.82) is 0 Å². The minimum Gasteiger partial charge on any atom is -0.379 e.